The van der Waals surface area contributed by atoms with Crippen molar-refractivity contribution in [1.82, 2.24) is 10.6 Å². The number of urea groups is 1. The van der Waals surface area contributed by atoms with Crippen molar-refractivity contribution in [1.29, 1.82) is 0 Å². The lowest BCUT2D eigenvalue weighted by Crippen LogP contribution is -2.45. The van der Waals surface area contributed by atoms with Crippen molar-refractivity contribution in [2.24, 2.45) is 5.92 Å². The zero-order valence-corrected chi connectivity index (χ0v) is 15.4. The summed E-state index contributed by atoms with van der Waals surface area (Å²) in [4.78, 5) is 34.7. The Bertz CT molecular complexity index is 789. The normalized spacial score (nSPS) is 17.7. The van der Waals surface area contributed by atoms with Crippen LogP contribution in [0.1, 0.15) is 45.2 Å². The van der Waals surface area contributed by atoms with Crippen molar-refractivity contribution in [3.63, 3.8) is 0 Å². The number of nitro groups is 1. The molecule has 9 heteroatoms. The van der Waals surface area contributed by atoms with Crippen molar-refractivity contribution in [3.8, 4) is 5.75 Å². The van der Waals surface area contributed by atoms with Gasteiger partial charge in [0.05, 0.1) is 23.1 Å². The van der Waals surface area contributed by atoms with Crippen LogP contribution < -0.4 is 15.7 Å². The second-order valence-electron chi connectivity index (χ2n) is 6.55. The Balaban J connectivity index is 2.34. The van der Waals surface area contributed by atoms with E-state index in [0.29, 0.717) is 5.70 Å². The van der Waals surface area contributed by atoms with E-state index in [1.807, 2.05) is 13.8 Å². The Morgan fingerprint density at radius 2 is 2.11 bits per heavy atom. The van der Waals surface area contributed by atoms with E-state index in [9.17, 15) is 24.8 Å². The number of hydrogen-bond donors (Lipinski definition) is 2. The Labute approximate surface area is 156 Å². The standard InChI is InChI=1S/C18H23N3O6/c1-4-5-10(2)9-27-17(23)15-11(3)19-18(24)20-16(15)12-6-7-14(22)13(8-12)21(25)26/h6-8,10,16,22H,4-5,9H2,1-3H3,(H2,19,20,24)/p-1/t10-,16+/m0/s1. The van der Waals surface area contributed by atoms with Gasteiger partial charge in [-0.15, -0.1) is 0 Å². The van der Waals surface area contributed by atoms with E-state index in [4.69, 9.17) is 4.74 Å². The van der Waals surface area contributed by atoms with Gasteiger partial charge in [0.15, 0.2) is 0 Å². The first-order valence-corrected chi connectivity index (χ1v) is 8.65. The number of ether oxygens (including phenoxy) is 1. The first-order valence-electron chi connectivity index (χ1n) is 8.65. The molecule has 1 aromatic carbocycles. The summed E-state index contributed by atoms with van der Waals surface area (Å²) >= 11 is 0. The highest BCUT2D eigenvalue weighted by atomic mass is 16.6. The molecule has 0 aliphatic carbocycles. The van der Waals surface area contributed by atoms with E-state index in [2.05, 4.69) is 10.6 Å². The second kappa shape index (κ2) is 8.52. The van der Waals surface area contributed by atoms with Crippen LogP contribution in [0, 0.1) is 16.0 Å². The summed E-state index contributed by atoms with van der Waals surface area (Å²) in [6.45, 7) is 5.78. The minimum Gasteiger partial charge on any atom is -0.868 e. The molecular formula is C18H22N3O6-. The van der Waals surface area contributed by atoms with Gasteiger partial charge in [-0.3, -0.25) is 10.1 Å². The first-order chi connectivity index (χ1) is 12.7. The molecule has 0 saturated carbocycles. The van der Waals surface area contributed by atoms with Crippen LogP contribution in [-0.2, 0) is 9.53 Å². The van der Waals surface area contributed by atoms with Crippen LogP contribution >= 0.6 is 0 Å². The maximum absolute atomic E-state index is 12.6. The smallest absolute Gasteiger partial charge is 0.338 e. The topological polar surface area (TPSA) is 134 Å². The number of esters is 1. The fourth-order valence-electron chi connectivity index (χ4n) is 2.94. The monoisotopic (exact) mass is 376 g/mol. The molecule has 2 N–H and O–H groups in total. The SMILES string of the molecule is CCC[C@H](C)COC(=O)C1=C(C)NC(=O)N[C@@H]1c1ccc([O-])c([N+](=O)[O-])c1. The van der Waals surface area contributed by atoms with E-state index in [-0.39, 0.29) is 23.7 Å². The van der Waals surface area contributed by atoms with Crippen LogP contribution in [0.4, 0.5) is 10.5 Å². The van der Waals surface area contributed by atoms with Gasteiger partial charge in [-0.1, -0.05) is 32.4 Å². The van der Waals surface area contributed by atoms with Crippen molar-refractivity contribution in [2.45, 2.75) is 39.7 Å². The van der Waals surface area contributed by atoms with Gasteiger partial charge in [0.1, 0.15) is 0 Å². The van der Waals surface area contributed by atoms with Gasteiger partial charge in [0.2, 0.25) is 0 Å². The quantitative estimate of drug-likeness (QED) is 0.426. The van der Waals surface area contributed by atoms with Gasteiger partial charge in [-0.05, 0) is 30.6 Å². The number of amides is 2. The van der Waals surface area contributed by atoms with Gasteiger partial charge in [0, 0.05) is 11.8 Å². The fraction of sp³-hybridized carbons (Fsp3) is 0.444. The summed E-state index contributed by atoms with van der Waals surface area (Å²) in [6, 6.07) is 1.96. The summed E-state index contributed by atoms with van der Waals surface area (Å²) < 4.78 is 5.37. The Kier molecular flexibility index (Phi) is 6.38. The molecule has 1 aliphatic heterocycles. The Hall–Kier alpha value is -3.10. The lowest BCUT2D eigenvalue weighted by Gasteiger charge is -2.28. The highest BCUT2D eigenvalue weighted by Crippen LogP contribution is 2.32. The zero-order chi connectivity index (χ0) is 20.1. The van der Waals surface area contributed by atoms with Crippen LogP contribution in [0.2, 0.25) is 0 Å². The number of nitrogens with one attached hydrogen (secondary N) is 2. The third-order valence-electron chi connectivity index (χ3n) is 4.28. The summed E-state index contributed by atoms with van der Waals surface area (Å²) in [5, 5.41) is 27.7. The van der Waals surface area contributed by atoms with Gasteiger partial charge in [-0.25, -0.2) is 9.59 Å². The van der Waals surface area contributed by atoms with Crippen molar-refractivity contribution in [2.75, 3.05) is 6.61 Å². The van der Waals surface area contributed by atoms with Crippen molar-refractivity contribution in [3.05, 3.63) is 45.1 Å². The molecule has 0 fully saturated rings. The molecule has 9 nitrogen and oxygen atoms in total. The number of rotatable bonds is 7. The lowest BCUT2D eigenvalue weighted by molar-refractivity contribution is -0.398. The predicted octanol–water partition coefficient (Wildman–Crippen LogP) is 2.28. The summed E-state index contributed by atoms with van der Waals surface area (Å²) in [5.41, 5.74) is 0.0725. The van der Waals surface area contributed by atoms with Crippen LogP contribution in [0.25, 0.3) is 0 Å². The average molecular weight is 376 g/mol. The molecule has 1 aliphatic rings. The van der Waals surface area contributed by atoms with E-state index in [1.165, 1.54) is 6.07 Å². The molecule has 0 aromatic heterocycles. The molecule has 1 heterocycles. The zero-order valence-electron chi connectivity index (χ0n) is 15.4. The molecule has 2 rings (SSSR count). The molecule has 0 bridgehead atoms. The van der Waals surface area contributed by atoms with E-state index in [0.717, 1.165) is 25.0 Å². The summed E-state index contributed by atoms with van der Waals surface area (Å²) in [7, 11) is 0. The van der Waals surface area contributed by atoms with Gasteiger partial charge >= 0.3 is 12.0 Å². The predicted molar refractivity (Wildman–Crippen MR) is 94.7 cm³/mol. The maximum Gasteiger partial charge on any atom is 0.338 e. The molecule has 2 atom stereocenters. The van der Waals surface area contributed by atoms with Gasteiger partial charge < -0.3 is 20.5 Å². The van der Waals surface area contributed by atoms with Crippen LogP contribution in [0.15, 0.2) is 29.5 Å². The number of nitrogens with zero attached hydrogens (tertiary/aromatic N) is 1. The third kappa shape index (κ3) is 4.75. The van der Waals surface area contributed by atoms with Crippen LogP contribution in [0.5, 0.6) is 5.75 Å². The average Bonchev–Trinajstić information content (AvgIpc) is 2.59. The minimum absolute atomic E-state index is 0.145. The van der Waals surface area contributed by atoms with Crippen LogP contribution in [-0.4, -0.2) is 23.5 Å². The van der Waals surface area contributed by atoms with E-state index < -0.39 is 34.4 Å². The number of hydrogen-bond acceptors (Lipinski definition) is 6. The number of allylic oxidation sites excluding steroid dienone is 1. The maximum atomic E-state index is 12.6. The van der Waals surface area contributed by atoms with E-state index in [1.54, 1.807) is 6.92 Å². The minimum atomic E-state index is -0.952. The highest BCUT2D eigenvalue weighted by molar-refractivity contribution is 5.95. The highest BCUT2D eigenvalue weighted by Gasteiger charge is 2.33. The Morgan fingerprint density at radius 3 is 2.74 bits per heavy atom. The molecule has 146 valence electrons. The summed E-state index contributed by atoms with van der Waals surface area (Å²) in [5.74, 6) is -1.19. The molecule has 2 amide bonds. The van der Waals surface area contributed by atoms with Crippen molar-refractivity contribution < 1.29 is 24.4 Å². The molecule has 0 radical (unpaired) electrons. The molecule has 0 saturated heterocycles. The number of nitro benzene ring substituents is 1. The molecule has 0 unspecified atom stereocenters. The second-order valence-corrected chi connectivity index (χ2v) is 6.55. The number of carbonyl (C=O) groups is 2. The van der Waals surface area contributed by atoms with Gasteiger partial charge in [-0.2, -0.15) is 0 Å². The van der Waals surface area contributed by atoms with Gasteiger partial charge in [0.25, 0.3) is 5.69 Å². The van der Waals surface area contributed by atoms with E-state index >= 15 is 0 Å². The summed E-state index contributed by atoms with van der Waals surface area (Å²) in [6.07, 6.45) is 1.87. The molecule has 27 heavy (non-hydrogen) atoms. The largest absolute Gasteiger partial charge is 0.868 e. The molecule has 0 spiro atoms. The number of carbonyl (C=O) groups excluding carboxylic acids is 2. The van der Waals surface area contributed by atoms with Crippen LogP contribution in [0.3, 0.4) is 0 Å². The fourth-order valence-corrected chi connectivity index (χ4v) is 2.94. The number of benzene rings is 1. The Morgan fingerprint density at radius 1 is 1.41 bits per heavy atom. The lowest BCUT2D eigenvalue weighted by atomic mass is 9.95. The third-order valence-corrected chi connectivity index (χ3v) is 4.28. The molecule has 1 aromatic rings. The first kappa shape index (κ1) is 20.2. The van der Waals surface area contributed by atoms with Crippen molar-refractivity contribution >= 4 is 17.7 Å². The molecular weight excluding hydrogens is 354 g/mol.